The molecule has 1 heterocycles. The van der Waals surface area contributed by atoms with E-state index in [1.165, 1.54) is 12.0 Å². The lowest BCUT2D eigenvalue weighted by Gasteiger charge is -2.28. The molecule has 1 aliphatic rings. The fraction of sp³-hybridized carbons (Fsp3) is 0.818. The summed E-state index contributed by atoms with van der Waals surface area (Å²) >= 11 is 0. The number of hydrogen-bond donors (Lipinski definition) is 1. The number of carbonyl (C=O) groups excluding carboxylic acids is 2. The highest BCUT2D eigenvalue weighted by Crippen LogP contribution is 2.20. The molecule has 0 radical (unpaired) electrons. The minimum absolute atomic E-state index is 0.0391. The molecule has 6 nitrogen and oxygen atoms in total. The first-order chi connectivity index (χ1) is 8.02. The van der Waals surface area contributed by atoms with Crippen molar-refractivity contribution in [2.24, 2.45) is 5.73 Å². The maximum Gasteiger partial charge on any atom is 0.253 e. The summed E-state index contributed by atoms with van der Waals surface area (Å²) in [6, 6.07) is -0.360. The van der Waals surface area contributed by atoms with Gasteiger partial charge in [0.25, 0.3) is 5.91 Å². The highest BCUT2D eigenvalue weighted by Gasteiger charge is 2.37. The highest BCUT2D eigenvalue weighted by molar-refractivity contribution is 5.89. The quantitative estimate of drug-likeness (QED) is 0.690. The van der Waals surface area contributed by atoms with Crippen molar-refractivity contribution in [3.63, 3.8) is 0 Å². The maximum atomic E-state index is 12.1. The van der Waals surface area contributed by atoms with Crippen LogP contribution in [0.3, 0.4) is 0 Å². The van der Waals surface area contributed by atoms with Gasteiger partial charge in [0.05, 0.1) is 0 Å². The molecule has 1 rings (SSSR count). The van der Waals surface area contributed by atoms with Gasteiger partial charge < -0.3 is 20.3 Å². The highest BCUT2D eigenvalue weighted by atomic mass is 16.5. The van der Waals surface area contributed by atoms with E-state index in [4.69, 9.17) is 10.5 Å². The molecule has 17 heavy (non-hydrogen) atoms. The molecule has 0 saturated carbocycles. The molecule has 2 unspecified atom stereocenters. The van der Waals surface area contributed by atoms with Crippen LogP contribution in [-0.2, 0) is 14.3 Å². The average molecular weight is 243 g/mol. The third-order valence-corrected chi connectivity index (χ3v) is 3.04. The molecule has 2 N–H and O–H groups in total. The standard InChI is InChI=1S/C11H21N3O3/c1-13(2)10(15)8-5-4-6-14(8)11(16)9(7-12)17-3/h8-9H,4-7,12H2,1-3H3. The van der Waals surface area contributed by atoms with E-state index in [0.717, 1.165) is 6.42 Å². The number of amides is 2. The fourth-order valence-corrected chi connectivity index (χ4v) is 2.07. The molecular formula is C11H21N3O3. The van der Waals surface area contributed by atoms with Crippen LogP contribution >= 0.6 is 0 Å². The second-order valence-electron chi connectivity index (χ2n) is 4.38. The van der Waals surface area contributed by atoms with Crippen LogP contribution in [0.1, 0.15) is 12.8 Å². The molecule has 0 spiro atoms. The van der Waals surface area contributed by atoms with Gasteiger partial charge in [-0.2, -0.15) is 0 Å². The van der Waals surface area contributed by atoms with Gasteiger partial charge in [-0.3, -0.25) is 9.59 Å². The van der Waals surface area contributed by atoms with Crippen molar-refractivity contribution in [1.29, 1.82) is 0 Å². The van der Waals surface area contributed by atoms with Gasteiger partial charge in [-0.05, 0) is 12.8 Å². The van der Waals surface area contributed by atoms with Crippen molar-refractivity contribution in [3.05, 3.63) is 0 Å². The minimum atomic E-state index is -0.648. The lowest BCUT2D eigenvalue weighted by molar-refractivity contribution is -0.148. The number of carbonyl (C=O) groups is 2. The van der Waals surface area contributed by atoms with Crippen LogP contribution in [0.25, 0.3) is 0 Å². The van der Waals surface area contributed by atoms with E-state index in [-0.39, 0.29) is 24.4 Å². The second kappa shape index (κ2) is 5.97. The van der Waals surface area contributed by atoms with Gasteiger partial charge in [0, 0.05) is 34.3 Å². The summed E-state index contributed by atoms with van der Waals surface area (Å²) in [5, 5.41) is 0. The number of hydrogen-bond acceptors (Lipinski definition) is 4. The Balaban J connectivity index is 2.75. The first kappa shape index (κ1) is 13.9. The average Bonchev–Trinajstić information content (AvgIpc) is 2.77. The van der Waals surface area contributed by atoms with E-state index >= 15 is 0 Å². The Labute approximate surface area is 102 Å². The molecule has 1 aliphatic heterocycles. The van der Waals surface area contributed by atoms with Gasteiger partial charge >= 0.3 is 0 Å². The summed E-state index contributed by atoms with van der Waals surface area (Å²) in [5.41, 5.74) is 5.47. The Hall–Kier alpha value is -1.14. The number of likely N-dealkylation sites (tertiary alicyclic amines) is 1. The molecule has 1 saturated heterocycles. The number of nitrogens with two attached hydrogens (primary N) is 1. The van der Waals surface area contributed by atoms with Crippen LogP contribution in [0.15, 0.2) is 0 Å². The summed E-state index contributed by atoms with van der Waals surface area (Å²) in [4.78, 5) is 27.1. The molecule has 0 aromatic rings. The Morgan fingerprint density at radius 3 is 2.65 bits per heavy atom. The smallest absolute Gasteiger partial charge is 0.253 e. The SMILES string of the molecule is COC(CN)C(=O)N1CCCC1C(=O)N(C)C. The van der Waals surface area contributed by atoms with Gasteiger partial charge in [-0.1, -0.05) is 0 Å². The Morgan fingerprint density at radius 2 is 2.18 bits per heavy atom. The summed E-state index contributed by atoms with van der Waals surface area (Å²) in [6.45, 7) is 0.734. The van der Waals surface area contributed by atoms with Crippen molar-refractivity contribution < 1.29 is 14.3 Å². The first-order valence-corrected chi connectivity index (χ1v) is 5.77. The number of nitrogens with zero attached hydrogens (tertiary/aromatic N) is 2. The molecule has 1 fully saturated rings. The van der Waals surface area contributed by atoms with E-state index in [2.05, 4.69) is 0 Å². The Kier molecular flexibility index (Phi) is 4.89. The summed E-state index contributed by atoms with van der Waals surface area (Å²) in [7, 11) is 4.84. The second-order valence-corrected chi connectivity index (χ2v) is 4.38. The molecule has 0 aliphatic carbocycles. The predicted octanol–water partition coefficient (Wildman–Crippen LogP) is -0.961. The van der Waals surface area contributed by atoms with Crippen LogP contribution < -0.4 is 5.73 Å². The molecule has 6 heteroatoms. The number of methoxy groups -OCH3 is 1. The normalized spacial score (nSPS) is 21.4. The van der Waals surface area contributed by atoms with Gasteiger partial charge in [-0.25, -0.2) is 0 Å². The van der Waals surface area contributed by atoms with Crippen LogP contribution in [0.5, 0.6) is 0 Å². The molecule has 0 bridgehead atoms. The summed E-state index contributed by atoms with van der Waals surface area (Å²) in [5.74, 6) is -0.226. The van der Waals surface area contributed by atoms with E-state index in [1.807, 2.05) is 0 Å². The van der Waals surface area contributed by atoms with Crippen LogP contribution in [0.4, 0.5) is 0 Å². The topological polar surface area (TPSA) is 75.9 Å². The summed E-state index contributed by atoms with van der Waals surface area (Å²) < 4.78 is 5.02. The minimum Gasteiger partial charge on any atom is -0.370 e. The van der Waals surface area contributed by atoms with E-state index in [0.29, 0.717) is 13.0 Å². The lowest BCUT2D eigenvalue weighted by atomic mass is 10.2. The Morgan fingerprint density at radius 1 is 1.53 bits per heavy atom. The molecule has 2 amide bonds. The predicted molar refractivity (Wildman–Crippen MR) is 63.3 cm³/mol. The maximum absolute atomic E-state index is 12.1. The van der Waals surface area contributed by atoms with Crippen molar-refractivity contribution in [3.8, 4) is 0 Å². The number of ether oxygens (including phenoxy) is 1. The lowest BCUT2D eigenvalue weighted by Crippen LogP contribution is -2.50. The van der Waals surface area contributed by atoms with Gasteiger partial charge in [0.2, 0.25) is 5.91 Å². The molecular weight excluding hydrogens is 222 g/mol. The zero-order valence-electron chi connectivity index (χ0n) is 10.7. The van der Waals surface area contributed by atoms with Crippen molar-refractivity contribution in [2.75, 3.05) is 34.3 Å². The van der Waals surface area contributed by atoms with Gasteiger partial charge in [-0.15, -0.1) is 0 Å². The molecule has 2 atom stereocenters. The third kappa shape index (κ3) is 2.95. The van der Waals surface area contributed by atoms with Crippen molar-refractivity contribution >= 4 is 11.8 Å². The number of rotatable bonds is 4. The van der Waals surface area contributed by atoms with Gasteiger partial charge in [0.15, 0.2) is 0 Å². The first-order valence-electron chi connectivity index (χ1n) is 5.77. The van der Waals surface area contributed by atoms with E-state index < -0.39 is 6.10 Å². The molecule has 98 valence electrons. The zero-order chi connectivity index (χ0) is 13.0. The largest absolute Gasteiger partial charge is 0.370 e. The fourth-order valence-electron chi connectivity index (χ4n) is 2.07. The van der Waals surface area contributed by atoms with Crippen LogP contribution in [-0.4, -0.2) is 68.1 Å². The number of likely N-dealkylation sites (N-methyl/N-ethyl adjacent to an activating group) is 1. The van der Waals surface area contributed by atoms with E-state index in [9.17, 15) is 9.59 Å². The Bertz CT molecular complexity index is 290. The third-order valence-electron chi connectivity index (χ3n) is 3.04. The monoisotopic (exact) mass is 243 g/mol. The zero-order valence-corrected chi connectivity index (χ0v) is 10.7. The van der Waals surface area contributed by atoms with Crippen molar-refractivity contribution in [2.45, 2.75) is 25.0 Å². The van der Waals surface area contributed by atoms with Crippen LogP contribution in [0, 0.1) is 0 Å². The summed E-state index contributed by atoms with van der Waals surface area (Å²) in [6.07, 6.45) is 0.909. The van der Waals surface area contributed by atoms with Gasteiger partial charge in [0.1, 0.15) is 12.1 Å². The van der Waals surface area contributed by atoms with Crippen LogP contribution in [0.2, 0.25) is 0 Å². The molecule has 0 aromatic carbocycles. The molecule has 0 aromatic heterocycles. The van der Waals surface area contributed by atoms with Crippen molar-refractivity contribution in [1.82, 2.24) is 9.80 Å². The van der Waals surface area contributed by atoms with E-state index in [1.54, 1.807) is 19.0 Å².